The Kier molecular flexibility index (Phi) is 8.22. The molecule has 0 saturated carbocycles. The molecule has 4 heterocycles. The predicted molar refractivity (Wildman–Crippen MR) is 133 cm³/mol. The molecule has 0 spiro atoms. The summed E-state index contributed by atoms with van der Waals surface area (Å²) in [5, 5.41) is 0.390. The molecule has 1 aromatic carbocycles. The van der Waals surface area contributed by atoms with Gasteiger partial charge in [-0.3, -0.25) is 9.97 Å². The molecule has 2 aromatic heterocycles. The van der Waals surface area contributed by atoms with Gasteiger partial charge < -0.3 is 28.2 Å². The molecule has 1 unspecified atom stereocenters. The topological polar surface area (TPSA) is 111 Å². The molecule has 184 valence electrons. The number of hydrogen-bond acceptors (Lipinski definition) is 8. The van der Waals surface area contributed by atoms with E-state index < -0.39 is 17.0 Å². The van der Waals surface area contributed by atoms with Crippen LogP contribution in [0.5, 0.6) is 17.2 Å². The van der Waals surface area contributed by atoms with Crippen LogP contribution in [-0.2, 0) is 26.4 Å². The second kappa shape index (κ2) is 10.8. The summed E-state index contributed by atoms with van der Waals surface area (Å²) < 4.78 is 42.0. The van der Waals surface area contributed by atoms with Crippen LogP contribution in [0.25, 0.3) is 11.0 Å². The number of H-pyrrole nitrogens is 1. The van der Waals surface area contributed by atoms with E-state index in [0.29, 0.717) is 60.9 Å². The van der Waals surface area contributed by atoms with Crippen LogP contribution in [0.4, 0.5) is 0 Å². The Morgan fingerprint density at radius 2 is 1.83 bits per heavy atom. The monoisotopic (exact) mass is 511 g/mol. The molecule has 35 heavy (non-hydrogen) atoms. The van der Waals surface area contributed by atoms with E-state index in [1.54, 1.807) is 6.20 Å². The van der Waals surface area contributed by atoms with Gasteiger partial charge in [0.1, 0.15) is 19.0 Å². The fraction of sp³-hybridized carbons (Fsp3) is 0.500. The van der Waals surface area contributed by atoms with E-state index in [4.69, 9.17) is 23.7 Å². The van der Waals surface area contributed by atoms with E-state index in [2.05, 4.69) is 15.0 Å². The number of aromatic amines is 1. The molecule has 5 rings (SSSR count). The first-order valence-electron chi connectivity index (χ1n) is 11.3. The van der Waals surface area contributed by atoms with Gasteiger partial charge in [0.05, 0.1) is 36.5 Å². The normalized spacial score (nSPS) is 18.2. The summed E-state index contributed by atoms with van der Waals surface area (Å²) in [4.78, 5) is 12.2. The Morgan fingerprint density at radius 3 is 2.54 bits per heavy atom. The Morgan fingerprint density at radius 1 is 1.14 bits per heavy atom. The quantitative estimate of drug-likeness (QED) is 0.397. The number of pyridine rings is 1. The van der Waals surface area contributed by atoms with Crippen LogP contribution in [0.1, 0.15) is 30.7 Å². The number of imidazole rings is 1. The van der Waals surface area contributed by atoms with Gasteiger partial charge in [-0.05, 0) is 27.7 Å². The van der Waals surface area contributed by atoms with Crippen molar-refractivity contribution in [2.24, 2.45) is 5.92 Å². The SMILES string of the molecule is Cc1cnc(C[S+]([O-])c2nc3cc4c(cc3[nH]2)OCCO4)c(C)c1OCC1COC(C)(C)OC1.[NaH]. The van der Waals surface area contributed by atoms with Gasteiger partial charge in [-0.1, -0.05) is 0 Å². The summed E-state index contributed by atoms with van der Waals surface area (Å²) in [6.07, 6.45) is 1.76. The second-order valence-electron chi connectivity index (χ2n) is 9.09. The first-order valence-corrected chi connectivity index (χ1v) is 12.6. The molecule has 1 N–H and O–H groups in total. The molecule has 0 bridgehead atoms. The van der Waals surface area contributed by atoms with Crippen molar-refractivity contribution in [3.8, 4) is 17.2 Å². The van der Waals surface area contributed by atoms with Gasteiger partial charge in [0.2, 0.25) is 0 Å². The molecule has 1 fully saturated rings. The molecule has 0 aliphatic carbocycles. The molecule has 11 heteroatoms. The number of nitrogens with zero attached hydrogens (tertiary/aromatic N) is 2. The number of benzene rings is 1. The zero-order valence-corrected chi connectivity index (χ0v) is 20.6. The number of hydrogen-bond donors (Lipinski definition) is 1. The fourth-order valence-electron chi connectivity index (χ4n) is 3.97. The number of fused-ring (bicyclic) bond motifs is 2. The van der Waals surface area contributed by atoms with E-state index >= 15 is 0 Å². The van der Waals surface area contributed by atoms with Crippen LogP contribution in [-0.4, -0.2) is 87.9 Å². The van der Waals surface area contributed by atoms with Crippen LogP contribution < -0.4 is 14.2 Å². The third kappa shape index (κ3) is 5.90. The molecule has 2 aliphatic heterocycles. The zero-order chi connectivity index (χ0) is 23.9. The van der Waals surface area contributed by atoms with Crippen molar-refractivity contribution in [3.63, 3.8) is 0 Å². The van der Waals surface area contributed by atoms with E-state index in [1.165, 1.54) is 0 Å². The van der Waals surface area contributed by atoms with Crippen molar-refractivity contribution in [2.75, 3.05) is 33.0 Å². The summed E-state index contributed by atoms with van der Waals surface area (Å²) in [7, 11) is 0. The number of aryl methyl sites for hydroxylation is 1. The van der Waals surface area contributed by atoms with Gasteiger partial charge in [-0.15, -0.1) is 0 Å². The van der Waals surface area contributed by atoms with Crippen LogP contribution >= 0.6 is 0 Å². The van der Waals surface area contributed by atoms with Crippen molar-refractivity contribution in [3.05, 3.63) is 35.2 Å². The van der Waals surface area contributed by atoms with Crippen LogP contribution in [0.3, 0.4) is 0 Å². The third-order valence-corrected chi connectivity index (χ3v) is 7.11. The molecule has 3 aromatic rings. The number of aromatic nitrogens is 3. The maximum absolute atomic E-state index is 13.2. The molecular formula is C24H30N3NaO6S. The summed E-state index contributed by atoms with van der Waals surface area (Å²) in [5.74, 6) is 1.89. The minimum absolute atomic E-state index is 0. The van der Waals surface area contributed by atoms with Crippen molar-refractivity contribution in [1.29, 1.82) is 0 Å². The molecule has 1 atom stereocenters. The van der Waals surface area contributed by atoms with E-state index in [0.717, 1.165) is 22.4 Å². The first kappa shape index (κ1) is 26.5. The van der Waals surface area contributed by atoms with Gasteiger partial charge in [-0.2, -0.15) is 4.98 Å². The molecule has 9 nitrogen and oxygen atoms in total. The summed E-state index contributed by atoms with van der Waals surface area (Å²) in [6, 6.07) is 3.64. The predicted octanol–water partition coefficient (Wildman–Crippen LogP) is 2.78. The van der Waals surface area contributed by atoms with E-state index in [-0.39, 0.29) is 41.2 Å². The van der Waals surface area contributed by atoms with Gasteiger partial charge >= 0.3 is 34.7 Å². The Balaban J connectivity index is 0.00000289. The third-order valence-electron chi connectivity index (χ3n) is 5.95. The van der Waals surface area contributed by atoms with Crippen molar-refractivity contribution in [2.45, 2.75) is 44.4 Å². The standard InChI is InChI=1S/C24H29N3O6S.Na.H/c1-14-9-25-19(15(2)22(14)31-10-16-11-32-24(3,4)33-12-16)13-34(28)23-26-17-7-20-21(8-18(17)27-23)30-6-5-29-20;;/h7-9,16H,5-6,10-13H2,1-4H3,(H,26,27);;. The van der Waals surface area contributed by atoms with Gasteiger partial charge in [0.25, 0.3) is 0 Å². The minimum atomic E-state index is -1.42. The van der Waals surface area contributed by atoms with Gasteiger partial charge in [0.15, 0.2) is 23.0 Å². The van der Waals surface area contributed by atoms with Gasteiger partial charge in [0, 0.05) is 46.6 Å². The van der Waals surface area contributed by atoms with E-state index in [1.807, 2.05) is 39.8 Å². The van der Waals surface area contributed by atoms with E-state index in [9.17, 15) is 4.55 Å². The maximum atomic E-state index is 13.2. The molecular weight excluding hydrogens is 481 g/mol. The molecule has 1 saturated heterocycles. The fourth-order valence-corrected chi connectivity index (χ4v) is 5.07. The Hall–Kier alpha value is -1.53. The average molecular weight is 512 g/mol. The Labute approximate surface area is 229 Å². The number of nitrogens with one attached hydrogen (secondary N) is 1. The molecule has 0 amide bonds. The van der Waals surface area contributed by atoms with Crippen molar-refractivity contribution in [1.82, 2.24) is 15.0 Å². The molecule has 0 radical (unpaired) electrons. The average Bonchev–Trinajstić information content (AvgIpc) is 3.23. The van der Waals surface area contributed by atoms with Crippen LogP contribution in [0.2, 0.25) is 0 Å². The van der Waals surface area contributed by atoms with Gasteiger partial charge in [-0.25, -0.2) is 0 Å². The van der Waals surface area contributed by atoms with Crippen LogP contribution in [0.15, 0.2) is 23.5 Å². The number of rotatable bonds is 6. The molecule has 2 aliphatic rings. The van der Waals surface area contributed by atoms with Crippen LogP contribution in [0, 0.1) is 19.8 Å². The first-order chi connectivity index (χ1) is 16.3. The second-order valence-corrected chi connectivity index (χ2v) is 10.5. The Bertz CT molecular complexity index is 1150. The summed E-state index contributed by atoms with van der Waals surface area (Å²) in [6.45, 7) is 10.4. The number of ether oxygens (including phenoxy) is 5. The zero-order valence-electron chi connectivity index (χ0n) is 19.8. The van der Waals surface area contributed by atoms with Crippen molar-refractivity contribution >= 4 is 51.8 Å². The van der Waals surface area contributed by atoms with Crippen molar-refractivity contribution < 1.29 is 28.2 Å². The summed E-state index contributed by atoms with van der Waals surface area (Å²) >= 11 is -1.42. The summed E-state index contributed by atoms with van der Waals surface area (Å²) in [5.41, 5.74) is 3.96.